The fourth-order valence-corrected chi connectivity index (χ4v) is 4.97. The molecule has 1 heterocycles. The van der Waals surface area contributed by atoms with Crippen molar-refractivity contribution in [3.63, 3.8) is 0 Å². The molecule has 1 unspecified atom stereocenters. The standard InChI is InChI=1S/C15H27NOSi/c1-13(17)12-15(2,3)9-11-18(4,5)14-8-6-7-10-16-14/h6-8,10,13,17H,9,11-12H2,1-5H3. The van der Waals surface area contributed by atoms with Crippen molar-refractivity contribution in [2.75, 3.05) is 0 Å². The fraction of sp³-hybridized carbons (Fsp3) is 0.667. The molecule has 0 bridgehead atoms. The smallest absolute Gasteiger partial charge is 0.104 e. The average molecular weight is 265 g/mol. The largest absolute Gasteiger partial charge is 0.393 e. The average Bonchev–Trinajstić information content (AvgIpc) is 2.26. The number of hydrogen-bond acceptors (Lipinski definition) is 2. The lowest BCUT2D eigenvalue weighted by molar-refractivity contribution is 0.127. The Labute approximate surface area is 112 Å². The zero-order valence-corrected chi connectivity index (χ0v) is 13.4. The van der Waals surface area contributed by atoms with Gasteiger partial charge in [0.15, 0.2) is 0 Å². The second-order valence-electron chi connectivity index (χ2n) is 6.82. The van der Waals surface area contributed by atoms with Gasteiger partial charge in [-0.05, 0) is 30.9 Å². The molecule has 0 amide bonds. The van der Waals surface area contributed by atoms with Crippen molar-refractivity contribution < 1.29 is 5.11 Å². The first-order chi connectivity index (χ1) is 8.23. The summed E-state index contributed by atoms with van der Waals surface area (Å²) in [6, 6.07) is 7.45. The van der Waals surface area contributed by atoms with Crippen molar-refractivity contribution >= 4 is 13.4 Å². The summed E-state index contributed by atoms with van der Waals surface area (Å²) in [6.45, 7) is 11.1. The van der Waals surface area contributed by atoms with Gasteiger partial charge in [-0.25, -0.2) is 0 Å². The molecule has 1 aromatic heterocycles. The summed E-state index contributed by atoms with van der Waals surface area (Å²) in [5, 5.41) is 10.8. The minimum Gasteiger partial charge on any atom is -0.393 e. The predicted octanol–water partition coefficient (Wildman–Crippen LogP) is 3.18. The van der Waals surface area contributed by atoms with Gasteiger partial charge in [0.25, 0.3) is 0 Å². The first-order valence-corrected chi connectivity index (χ1v) is 10.0. The van der Waals surface area contributed by atoms with Crippen LogP contribution >= 0.6 is 0 Å². The van der Waals surface area contributed by atoms with E-state index in [1.807, 2.05) is 19.2 Å². The van der Waals surface area contributed by atoms with E-state index in [1.165, 1.54) is 11.4 Å². The lowest BCUT2D eigenvalue weighted by Gasteiger charge is -2.30. The zero-order valence-electron chi connectivity index (χ0n) is 12.4. The van der Waals surface area contributed by atoms with Gasteiger partial charge in [-0.15, -0.1) is 0 Å². The Kier molecular flexibility index (Phi) is 5.11. The Bertz CT molecular complexity index is 360. The first-order valence-electron chi connectivity index (χ1n) is 6.82. The molecule has 1 rings (SSSR count). The van der Waals surface area contributed by atoms with Crippen LogP contribution in [0.4, 0.5) is 0 Å². The minimum atomic E-state index is -1.43. The summed E-state index contributed by atoms with van der Waals surface area (Å²) in [7, 11) is -1.43. The van der Waals surface area contributed by atoms with Crippen LogP contribution in [0, 0.1) is 5.41 Å². The maximum atomic E-state index is 9.53. The second-order valence-corrected chi connectivity index (χ2v) is 11.6. The summed E-state index contributed by atoms with van der Waals surface area (Å²) in [4.78, 5) is 4.52. The highest BCUT2D eigenvalue weighted by molar-refractivity contribution is 6.89. The molecule has 1 aromatic rings. The van der Waals surface area contributed by atoms with Crippen LogP contribution in [0.5, 0.6) is 0 Å². The van der Waals surface area contributed by atoms with E-state index >= 15 is 0 Å². The number of nitrogens with zero attached hydrogens (tertiary/aromatic N) is 1. The molecule has 0 aliphatic carbocycles. The van der Waals surface area contributed by atoms with Crippen LogP contribution in [0.1, 0.15) is 33.6 Å². The quantitative estimate of drug-likeness (QED) is 0.801. The Morgan fingerprint density at radius 3 is 2.50 bits per heavy atom. The molecule has 102 valence electrons. The summed E-state index contributed by atoms with van der Waals surface area (Å²) in [5.74, 6) is 0. The van der Waals surface area contributed by atoms with E-state index in [2.05, 4.69) is 44.1 Å². The van der Waals surface area contributed by atoms with E-state index in [4.69, 9.17) is 0 Å². The normalized spacial score (nSPS) is 14.6. The second kappa shape index (κ2) is 5.98. The number of aromatic nitrogens is 1. The lowest BCUT2D eigenvalue weighted by Crippen LogP contribution is -2.43. The van der Waals surface area contributed by atoms with Crippen molar-refractivity contribution in [2.24, 2.45) is 5.41 Å². The molecule has 2 nitrogen and oxygen atoms in total. The van der Waals surface area contributed by atoms with Crippen molar-refractivity contribution in [3.05, 3.63) is 24.4 Å². The van der Waals surface area contributed by atoms with Gasteiger partial charge in [0.2, 0.25) is 0 Å². The van der Waals surface area contributed by atoms with Crippen molar-refractivity contribution in [3.8, 4) is 0 Å². The number of aliphatic hydroxyl groups excluding tert-OH is 1. The number of hydrogen-bond donors (Lipinski definition) is 1. The molecule has 1 atom stereocenters. The Balaban J connectivity index is 2.62. The van der Waals surface area contributed by atoms with Crippen LogP contribution in [0.25, 0.3) is 0 Å². The topological polar surface area (TPSA) is 33.1 Å². The van der Waals surface area contributed by atoms with Crippen LogP contribution in [-0.2, 0) is 0 Å². The molecule has 0 saturated carbocycles. The van der Waals surface area contributed by atoms with Gasteiger partial charge in [0, 0.05) is 11.5 Å². The maximum Gasteiger partial charge on any atom is 0.104 e. The fourth-order valence-electron chi connectivity index (χ4n) is 2.44. The Hall–Kier alpha value is -0.673. The van der Waals surface area contributed by atoms with E-state index in [-0.39, 0.29) is 11.5 Å². The van der Waals surface area contributed by atoms with Gasteiger partial charge in [-0.2, -0.15) is 0 Å². The van der Waals surface area contributed by atoms with Gasteiger partial charge >= 0.3 is 0 Å². The van der Waals surface area contributed by atoms with E-state index in [1.54, 1.807) is 0 Å². The predicted molar refractivity (Wildman–Crippen MR) is 80.9 cm³/mol. The van der Waals surface area contributed by atoms with Gasteiger partial charge in [0.1, 0.15) is 8.07 Å². The van der Waals surface area contributed by atoms with Crippen LogP contribution in [-0.4, -0.2) is 24.3 Å². The molecule has 0 radical (unpaired) electrons. The van der Waals surface area contributed by atoms with Crippen molar-refractivity contribution in [2.45, 2.75) is 58.9 Å². The summed E-state index contributed by atoms with van der Waals surface area (Å²) < 4.78 is 0. The highest BCUT2D eigenvalue weighted by Crippen LogP contribution is 2.31. The Morgan fingerprint density at radius 1 is 1.33 bits per heavy atom. The van der Waals surface area contributed by atoms with Gasteiger partial charge in [-0.1, -0.05) is 45.5 Å². The van der Waals surface area contributed by atoms with E-state index in [0.717, 1.165) is 12.8 Å². The summed E-state index contributed by atoms with van der Waals surface area (Å²) >= 11 is 0. The third kappa shape index (κ3) is 4.90. The zero-order chi connectivity index (χ0) is 13.8. The van der Waals surface area contributed by atoms with Crippen molar-refractivity contribution in [1.29, 1.82) is 0 Å². The molecule has 0 aromatic carbocycles. The van der Waals surface area contributed by atoms with Crippen LogP contribution in [0.3, 0.4) is 0 Å². The highest BCUT2D eigenvalue weighted by Gasteiger charge is 2.29. The van der Waals surface area contributed by atoms with Gasteiger partial charge in [-0.3, -0.25) is 4.98 Å². The third-order valence-electron chi connectivity index (χ3n) is 3.63. The van der Waals surface area contributed by atoms with Crippen molar-refractivity contribution in [1.82, 2.24) is 4.98 Å². The molecule has 0 saturated heterocycles. The molecule has 0 aliphatic heterocycles. The SMILES string of the molecule is CC(O)CC(C)(C)CC[Si](C)(C)c1ccccn1. The molecule has 1 N–H and O–H groups in total. The van der Waals surface area contributed by atoms with Crippen LogP contribution in [0.2, 0.25) is 19.1 Å². The third-order valence-corrected chi connectivity index (χ3v) is 6.82. The highest BCUT2D eigenvalue weighted by atomic mass is 28.3. The first kappa shape index (κ1) is 15.4. The van der Waals surface area contributed by atoms with Crippen LogP contribution < -0.4 is 5.32 Å². The van der Waals surface area contributed by atoms with Crippen LogP contribution in [0.15, 0.2) is 24.4 Å². The van der Waals surface area contributed by atoms with Gasteiger partial charge < -0.3 is 5.11 Å². The molecular weight excluding hydrogens is 238 g/mol. The molecular formula is C15H27NOSi. The summed E-state index contributed by atoms with van der Waals surface area (Å²) in [5.41, 5.74) is 0.215. The van der Waals surface area contributed by atoms with E-state index in [0.29, 0.717) is 0 Å². The monoisotopic (exact) mass is 265 g/mol. The Morgan fingerprint density at radius 2 is 2.00 bits per heavy atom. The minimum absolute atomic E-state index is 0.209. The lowest BCUT2D eigenvalue weighted by atomic mass is 9.84. The van der Waals surface area contributed by atoms with Gasteiger partial charge in [0.05, 0.1) is 6.10 Å². The summed E-state index contributed by atoms with van der Waals surface area (Å²) in [6.07, 6.45) is 3.72. The molecule has 0 aliphatic rings. The molecule has 0 spiro atoms. The van der Waals surface area contributed by atoms with E-state index in [9.17, 15) is 5.11 Å². The maximum absolute atomic E-state index is 9.53. The molecule has 18 heavy (non-hydrogen) atoms. The number of rotatable bonds is 6. The number of pyridine rings is 1. The van der Waals surface area contributed by atoms with E-state index < -0.39 is 8.07 Å². The number of aliphatic hydroxyl groups is 1. The molecule has 3 heteroatoms. The molecule has 0 fully saturated rings.